The molecule has 0 aliphatic carbocycles. The molecule has 2 heterocycles. The largest absolute Gasteiger partial charge is 0.330 e. The number of pyridine rings is 1. The predicted octanol–water partition coefficient (Wildman–Crippen LogP) is 1.97. The summed E-state index contributed by atoms with van der Waals surface area (Å²) in [4.78, 5) is 4.42. The monoisotopic (exact) mass is 319 g/mol. The van der Waals surface area contributed by atoms with Crippen molar-refractivity contribution in [2.24, 2.45) is 5.73 Å². The average molecular weight is 319 g/mol. The smallest absolute Gasteiger partial charge is 0.208 e. The molecule has 5 nitrogen and oxygen atoms in total. The van der Waals surface area contributed by atoms with Crippen LogP contribution >= 0.6 is 0 Å². The van der Waals surface area contributed by atoms with Crippen LogP contribution < -0.4 is 5.73 Å². The highest BCUT2D eigenvalue weighted by molar-refractivity contribution is 7.91. The maximum absolute atomic E-state index is 13.0. The molecule has 0 atom stereocenters. The van der Waals surface area contributed by atoms with Gasteiger partial charge in [-0.05, 0) is 36.4 Å². The second-order valence-corrected chi connectivity index (χ2v) is 6.73. The Bertz CT molecular complexity index is 918. The molecule has 0 aliphatic rings. The molecule has 0 saturated carbocycles. The number of nitrogens with zero attached hydrogens (tertiary/aromatic N) is 2. The first kappa shape index (κ1) is 14.7. The van der Waals surface area contributed by atoms with Crippen LogP contribution in [-0.2, 0) is 16.4 Å². The molecule has 3 rings (SSSR count). The first-order chi connectivity index (χ1) is 10.5. The van der Waals surface area contributed by atoms with Crippen LogP contribution in [0.4, 0.5) is 4.39 Å². The zero-order valence-corrected chi connectivity index (χ0v) is 12.4. The van der Waals surface area contributed by atoms with Gasteiger partial charge in [0, 0.05) is 30.9 Å². The molecule has 0 radical (unpaired) electrons. The van der Waals surface area contributed by atoms with Crippen molar-refractivity contribution in [2.75, 3.05) is 6.54 Å². The van der Waals surface area contributed by atoms with E-state index in [1.807, 2.05) is 0 Å². The van der Waals surface area contributed by atoms with Crippen LogP contribution in [0.25, 0.3) is 11.0 Å². The van der Waals surface area contributed by atoms with E-state index in [1.165, 1.54) is 18.3 Å². The molecule has 0 saturated heterocycles. The quantitative estimate of drug-likeness (QED) is 0.746. The Morgan fingerprint density at radius 2 is 1.91 bits per heavy atom. The summed E-state index contributed by atoms with van der Waals surface area (Å²) in [6, 6.07) is 8.15. The molecule has 0 unspecified atom stereocenters. The normalized spacial score (nSPS) is 11.9. The van der Waals surface area contributed by atoms with Gasteiger partial charge >= 0.3 is 0 Å². The van der Waals surface area contributed by atoms with Gasteiger partial charge in [-0.1, -0.05) is 0 Å². The van der Waals surface area contributed by atoms with Crippen LogP contribution in [0, 0.1) is 5.82 Å². The molecule has 0 aliphatic heterocycles. The van der Waals surface area contributed by atoms with Crippen LogP contribution in [0.3, 0.4) is 0 Å². The molecular formula is C15H14FN3O2S. The third-order valence-electron chi connectivity index (χ3n) is 3.38. The fraction of sp³-hybridized carbons (Fsp3) is 0.133. The van der Waals surface area contributed by atoms with Gasteiger partial charge in [0.2, 0.25) is 9.84 Å². The van der Waals surface area contributed by atoms with Gasteiger partial charge in [0.25, 0.3) is 0 Å². The number of nitrogens with two attached hydrogens (primary N) is 1. The van der Waals surface area contributed by atoms with Gasteiger partial charge in [0.15, 0.2) is 0 Å². The van der Waals surface area contributed by atoms with Gasteiger partial charge in [-0.25, -0.2) is 17.8 Å². The molecule has 114 valence electrons. The summed E-state index contributed by atoms with van der Waals surface area (Å²) < 4.78 is 40.3. The topological polar surface area (TPSA) is 78.0 Å². The molecule has 2 N–H and O–H groups in total. The predicted molar refractivity (Wildman–Crippen MR) is 80.6 cm³/mol. The van der Waals surface area contributed by atoms with Crippen molar-refractivity contribution in [2.45, 2.75) is 16.3 Å². The molecular weight excluding hydrogens is 305 g/mol. The summed E-state index contributed by atoms with van der Waals surface area (Å²) in [5.74, 6) is -0.480. The fourth-order valence-electron chi connectivity index (χ4n) is 2.35. The summed E-state index contributed by atoms with van der Waals surface area (Å²) in [5.41, 5.74) is 6.12. The molecule has 7 heteroatoms. The van der Waals surface area contributed by atoms with E-state index in [9.17, 15) is 12.8 Å². The minimum Gasteiger partial charge on any atom is -0.330 e. The van der Waals surface area contributed by atoms with Crippen LogP contribution in [0.2, 0.25) is 0 Å². The highest BCUT2D eigenvalue weighted by Gasteiger charge is 2.23. The third-order valence-corrected chi connectivity index (χ3v) is 5.18. The van der Waals surface area contributed by atoms with Crippen LogP contribution in [0.15, 0.2) is 58.6 Å². The second kappa shape index (κ2) is 5.51. The number of sulfone groups is 1. The summed E-state index contributed by atoms with van der Waals surface area (Å²) in [5, 5.41) is 0.528. The van der Waals surface area contributed by atoms with Gasteiger partial charge in [-0.15, -0.1) is 0 Å². The van der Waals surface area contributed by atoms with Gasteiger partial charge in [-0.3, -0.25) is 0 Å². The zero-order chi connectivity index (χ0) is 15.7. The number of aromatic nitrogens is 2. The average Bonchev–Trinajstić information content (AvgIpc) is 2.88. The lowest BCUT2D eigenvalue weighted by Crippen LogP contribution is -2.09. The van der Waals surface area contributed by atoms with Gasteiger partial charge in [0.05, 0.1) is 9.79 Å². The van der Waals surface area contributed by atoms with Crippen molar-refractivity contribution in [1.82, 2.24) is 9.55 Å². The molecule has 0 amide bonds. The van der Waals surface area contributed by atoms with E-state index in [4.69, 9.17) is 5.73 Å². The Morgan fingerprint density at radius 3 is 2.59 bits per heavy atom. The summed E-state index contributed by atoms with van der Waals surface area (Å²) >= 11 is 0. The van der Waals surface area contributed by atoms with Crippen LogP contribution in [0.1, 0.15) is 0 Å². The maximum atomic E-state index is 13.0. The lowest BCUT2D eigenvalue weighted by Gasteiger charge is -2.02. The zero-order valence-electron chi connectivity index (χ0n) is 11.6. The van der Waals surface area contributed by atoms with Crippen molar-refractivity contribution in [1.29, 1.82) is 0 Å². The third kappa shape index (κ3) is 2.38. The van der Waals surface area contributed by atoms with Crippen molar-refractivity contribution in [3.05, 3.63) is 54.6 Å². The molecule has 2 aromatic heterocycles. The van der Waals surface area contributed by atoms with E-state index >= 15 is 0 Å². The highest BCUT2D eigenvalue weighted by atomic mass is 32.2. The Balaban J connectivity index is 2.23. The minimum atomic E-state index is -3.75. The number of hydrogen-bond acceptors (Lipinski definition) is 4. The summed E-state index contributed by atoms with van der Waals surface area (Å²) in [6.07, 6.45) is 3.13. The molecule has 0 fully saturated rings. The number of rotatable bonds is 4. The number of hydrogen-bond donors (Lipinski definition) is 1. The Hall–Kier alpha value is -2.25. The lowest BCUT2D eigenvalue weighted by atomic mass is 10.3. The van der Waals surface area contributed by atoms with E-state index in [-0.39, 0.29) is 9.79 Å². The van der Waals surface area contributed by atoms with Crippen molar-refractivity contribution >= 4 is 20.9 Å². The number of benzene rings is 1. The van der Waals surface area contributed by atoms with Crippen molar-refractivity contribution in [3.63, 3.8) is 0 Å². The standard InChI is InChI=1S/C15H14FN3O2S/c16-11-3-5-12(6-4-11)22(20,21)14-10-19(9-7-17)15-13(14)2-1-8-18-15/h1-6,8,10H,7,9,17H2. The van der Waals surface area contributed by atoms with E-state index in [0.29, 0.717) is 24.1 Å². The Morgan fingerprint density at radius 1 is 1.18 bits per heavy atom. The number of halogens is 1. The molecule has 1 aromatic carbocycles. The number of fused-ring (bicyclic) bond motifs is 1. The Labute approximate surface area is 127 Å². The van der Waals surface area contributed by atoms with Gasteiger partial charge < -0.3 is 10.3 Å². The summed E-state index contributed by atoms with van der Waals surface area (Å²) in [7, 11) is -3.75. The highest BCUT2D eigenvalue weighted by Crippen LogP contribution is 2.29. The lowest BCUT2D eigenvalue weighted by molar-refractivity contribution is 0.594. The van der Waals surface area contributed by atoms with Crippen LogP contribution in [-0.4, -0.2) is 24.5 Å². The van der Waals surface area contributed by atoms with Gasteiger partial charge in [-0.2, -0.15) is 0 Å². The first-order valence-corrected chi connectivity index (χ1v) is 8.17. The van der Waals surface area contributed by atoms with Crippen LogP contribution in [0.5, 0.6) is 0 Å². The fourth-order valence-corrected chi connectivity index (χ4v) is 3.82. The van der Waals surface area contributed by atoms with Crippen molar-refractivity contribution in [3.8, 4) is 0 Å². The molecule has 22 heavy (non-hydrogen) atoms. The second-order valence-electron chi connectivity index (χ2n) is 4.81. The van der Waals surface area contributed by atoms with E-state index in [0.717, 1.165) is 12.1 Å². The van der Waals surface area contributed by atoms with Crippen molar-refractivity contribution < 1.29 is 12.8 Å². The Kier molecular flexibility index (Phi) is 3.67. The molecule has 0 bridgehead atoms. The van der Waals surface area contributed by atoms with E-state index < -0.39 is 15.7 Å². The maximum Gasteiger partial charge on any atom is 0.208 e. The SMILES string of the molecule is NCCn1cc(S(=O)(=O)c2ccc(F)cc2)c2cccnc21. The first-order valence-electron chi connectivity index (χ1n) is 6.68. The van der Waals surface area contributed by atoms with Gasteiger partial charge in [0.1, 0.15) is 11.5 Å². The minimum absolute atomic E-state index is 0.0459. The summed E-state index contributed by atoms with van der Waals surface area (Å²) in [6.45, 7) is 0.836. The molecule has 0 spiro atoms. The molecule has 3 aromatic rings. The van der Waals surface area contributed by atoms with E-state index in [2.05, 4.69) is 4.98 Å². The van der Waals surface area contributed by atoms with E-state index in [1.54, 1.807) is 22.9 Å².